The molecule has 0 unspecified atom stereocenters. The standard InChI is InChI=1S/C12H17FO2S/c1-4-9(5-2)10-6-7-12(11(13)8-10)16(3,14)15/h6-9H,4-5H2,1-3H3. The third-order valence-corrected chi connectivity index (χ3v) is 3.94. The molecule has 0 amide bonds. The Morgan fingerprint density at radius 1 is 1.25 bits per heavy atom. The molecule has 0 aliphatic heterocycles. The summed E-state index contributed by atoms with van der Waals surface area (Å²) in [5, 5.41) is 0. The summed E-state index contributed by atoms with van der Waals surface area (Å²) in [4.78, 5) is -0.220. The maximum Gasteiger partial charge on any atom is 0.178 e. The van der Waals surface area contributed by atoms with Gasteiger partial charge < -0.3 is 0 Å². The average Bonchev–Trinajstić information content (AvgIpc) is 2.17. The molecule has 0 aromatic heterocycles. The number of hydrogen-bond donors (Lipinski definition) is 0. The van der Waals surface area contributed by atoms with Crippen LogP contribution < -0.4 is 0 Å². The average molecular weight is 244 g/mol. The Morgan fingerprint density at radius 3 is 2.19 bits per heavy atom. The second-order valence-corrected chi connectivity index (χ2v) is 5.96. The first-order chi connectivity index (χ1) is 7.40. The monoisotopic (exact) mass is 244 g/mol. The molecule has 0 saturated carbocycles. The molecule has 1 rings (SSSR count). The van der Waals surface area contributed by atoms with Crippen molar-refractivity contribution in [2.75, 3.05) is 6.26 Å². The lowest BCUT2D eigenvalue weighted by Gasteiger charge is -2.13. The third-order valence-electron chi connectivity index (χ3n) is 2.81. The van der Waals surface area contributed by atoms with Gasteiger partial charge in [-0.2, -0.15) is 0 Å². The van der Waals surface area contributed by atoms with Gasteiger partial charge in [0, 0.05) is 6.26 Å². The number of halogens is 1. The maximum absolute atomic E-state index is 13.6. The molecule has 16 heavy (non-hydrogen) atoms. The van der Waals surface area contributed by atoms with Crippen LogP contribution in [0.25, 0.3) is 0 Å². The van der Waals surface area contributed by atoms with Crippen molar-refractivity contribution < 1.29 is 12.8 Å². The highest BCUT2D eigenvalue weighted by Crippen LogP contribution is 2.25. The lowest BCUT2D eigenvalue weighted by molar-refractivity contribution is 0.563. The van der Waals surface area contributed by atoms with Gasteiger partial charge in [-0.1, -0.05) is 19.9 Å². The second kappa shape index (κ2) is 4.95. The van der Waals surface area contributed by atoms with Gasteiger partial charge in [-0.15, -0.1) is 0 Å². The fraction of sp³-hybridized carbons (Fsp3) is 0.500. The van der Waals surface area contributed by atoms with Crippen LogP contribution in [0.2, 0.25) is 0 Å². The zero-order chi connectivity index (χ0) is 12.3. The van der Waals surface area contributed by atoms with Gasteiger partial charge in [-0.05, 0) is 36.5 Å². The molecular formula is C12H17FO2S. The molecule has 0 radical (unpaired) electrons. The highest BCUT2D eigenvalue weighted by molar-refractivity contribution is 7.90. The number of benzene rings is 1. The van der Waals surface area contributed by atoms with Crippen molar-refractivity contribution in [3.8, 4) is 0 Å². The molecule has 0 bridgehead atoms. The van der Waals surface area contributed by atoms with Crippen LogP contribution >= 0.6 is 0 Å². The molecule has 0 aliphatic rings. The van der Waals surface area contributed by atoms with Crippen LogP contribution in [0.4, 0.5) is 4.39 Å². The van der Waals surface area contributed by atoms with Crippen molar-refractivity contribution in [2.45, 2.75) is 37.5 Å². The minimum atomic E-state index is -3.46. The molecule has 4 heteroatoms. The Balaban J connectivity index is 3.19. The van der Waals surface area contributed by atoms with Crippen molar-refractivity contribution >= 4 is 9.84 Å². The molecule has 0 fully saturated rings. The Hall–Kier alpha value is -0.900. The molecule has 2 nitrogen and oxygen atoms in total. The van der Waals surface area contributed by atoms with Gasteiger partial charge in [0.05, 0.1) is 0 Å². The maximum atomic E-state index is 13.6. The van der Waals surface area contributed by atoms with E-state index in [-0.39, 0.29) is 4.90 Å². The van der Waals surface area contributed by atoms with Crippen LogP contribution in [0.15, 0.2) is 23.1 Å². The summed E-state index contributed by atoms with van der Waals surface area (Å²) in [6.45, 7) is 4.08. The van der Waals surface area contributed by atoms with E-state index in [1.165, 1.54) is 12.1 Å². The quantitative estimate of drug-likeness (QED) is 0.815. The Labute approximate surface area is 96.4 Å². The molecule has 90 valence electrons. The van der Waals surface area contributed by atoms with E-state index in [0.29, 0.717) is 5.92 Å². The summed E-state index contributed by atoms with van der Waals surface area (Å²) >= 11 is 0. The summed E-state index contributed by atoms with van der Waals surface area (Å²) in [6.07, 6.45) is 2.87. The molecular weight excluding hydrogens is 227 g/mol. The van der Waals surface area contributed by atoms with Gasteiger partial charge >= 0.3 is 0 Å². The molecule has 0 atom stereocenters. The largest absolute Gasteiger partial charge is 0.224 e. The Kier molecular flexibility index (Phi) is 4.08. The minimum absolute atomic E-state index is 0.220. The normalized spacial score (nSPS) is 12.1. The first-order valence-corrected chi connectivity index (χ1v) is 7.28. The zero-order valence-electron chi connectivity index (χ0n) is 9.83. The van der Waals surface area contributed by atoms with Gasteiger partial charge in [-0.3, -0.25) is 0 Å². The summed E-state index contributed by atoms with van der Waals surface area (Å²) in [6, 6.07) is 4.41. The van der Waals surface area contributed by atoms with E-state index in [4.69, 9.17) is 0 Å². The SMILES string of the molecule is CCC(CC)c1ccc(S(C)(=O)=O)c(F)c1. The van der Waals surface area contributed by atoms with E-state index in [2.05, 4.69) is 0 Å². The van der Waals surface area contributed by atoms with E-state index < -0.39 is 15.7 Å². The lowest BCUT2D eigenvalue weighted by atomic mass is 9.94. The summed E-state index contributed by atoms with van der Waals surface area (Å²) < 4.78 is 36.1. The molecule has 1 aromatic rings. The Morgan fingerprint density at radius 2 is 1.81 bits per heavy atom. The predicted molar refractivity (Wildman–Crippen MR) is 62.8 cm³/mol. The number of hydrogen-bond acceptors (Lipinski definition) is 2. The number of rotatable bonds is 4. The van der Waals surface area contributed by atoms with Crippen LogP contribution in [0.1, 0.15) is 38.2 Å². The van der Waals surface area contributed by atoms with E-state index >= 15 is 0 Å². The summed E-state index contributed by atoms with van der Waals surface area (Å²) in [5.41, 5.74) is 0.870. The predicted octanol–water partition coefficient (Wildman–Crippen LogP) is 3.13. The van der Waals surface area contributed by atoms with Crippen molar-refractivity contribution in [3.63, 3.8) is 0 Å². The van der Waals surface area contributed by atoms with Gasteiger partial charge in [0.2, 0.25) is 0 Å². The van der Waals surface area contributed by atoms with Crippen LogP contribution in [0.3, 0.4) is 0 Å². The van der Waals surface area contributed by atoms with Crippen molar-refractivity contribution in [2.24, 2.45) is 0 Å². The van der Waals surface area contributed by atoms with Crippen LogP contribution in [-0.2, 0) is 9.84 Å². The van der Waals surface area contributed by atoms with Crippen molar-refractivity contribution in [1.82, 2.24) is 0 Å². The molecule has 0 spiro atoms. The topological polar surface area (TPSA) is 34.1 Å². The highest BCUT2D eigenvalue weighted by atomic mass is 32.2. The Bertz CT molecular complexity index is 462. The van der Waals surface area contributed by atoms with Gasteiger partial charge in [0.1, 0.15) is 10.7 Å². The molecule has 1 aromatic carbocycles. The second-order valence-electron chi connectivity index (χ2n) is 3.98. The fourth-order valence-electron chi connectivity index (χ4n) is 1.83. The molecule has 0 N–H and O–H groups in total. The van der Waals surface area contributed by atoms with E-state index in [1.807, 2.05) is 13.8 Å². The van der Waals surface area contributed by atoms with Gasteiger partial charge in [-0.25, -0.2) is 12.8 Å². The first kappa shape index (κ1) is 13.2. The molecule has 0 aliphatic carbocycles. The van der Waals surface area contributed by atoms with Gasteiger partial charge in [0.25, 0.3) is 0 Å². The molecule has 0 saturated heterocycles. The highest BCUT2D eigenvalue weighted by Gasteiger charge is 2.16. The van der Waals surface area contributed by atoms with Crippen LogP contribution in [0, 0.1) is 5.82 Å². The fourth-order valence-corrected chi connectivity index (χ4v) is 2.56. The zero-order valence-corrected chi connectivity index (χ0v) is 10.6. The molecule has 0 heterocycles. The van der Waals surface area contributed by atoms with Crippen molar-refractivity contribution in [1.29, 1.82) is 0 Å². The smallest absolute Gasteiger partial charge is 0.178 e. The van der Waals surface area contributed by atoms with Crippen LogP contribution in [0.5, 0.6) is 0 Å². The third kappa shape index (κ3) is 2.82. The van der Waals surface area contributed by atoms with E-state index in [9.17, 15) is 12.8 Å². The minimum Gasteiger partial charge on any atom is -0.224 e. The van der Waals surface area contributed by atoms with Crippen LogP contribution in [-0.4, -0.2) is 14.7 Å². The van der Waals surface area contributed by atoms with Gasteiger partial charge in [0.15, 0.2) is 9.84 Å². The lowest BCUT2D eigenvalue weighted by Crippen LogP contribution is -2.03. The van der Waals surface area contributed by atoms with Crippen molar-refractivity contribution in [3.05, 3.63) is 29.6 Å². The number of sulfone groups is 1. The van der Waals surface area contributed by atoms with E-state index in [0.717, 1.165) is 24.7 Å². The first-order valence-electron chi connectivity index (χ1n) is 5.39. The van der Waals surface area contributed by atoms with E-state index in [1.54, 1.807) is 6.07 Å². The summed E-state index contributed by atoms with van der Waals surface area (Å²) in [7, 11) is -3.46. The summed E-state index contributed by atoms with van der Waals surface area (Å²) in [5.74, 6) is -0.352.